The van der Waals surface area contributed by atoms with Gasteiger partial charge < -0.3 is 5.23 Å². The molecule has 0 saturated heterocycles. The number of hydrogen-bond acceptors (Lipinski definition) is 1. The first kappa shape index (κ1) is 6.75. The molecule has 0 bridgehead atoms. The van der Waals surface area contributed by atoms with Gasteiger partial charge in [-0.3, -0.25) is 0 Å². The summed E-state index contributed by atoms with van der Waals surface area (Å²) in [5, 5.41) is 3.00. The predicted molar refractivity (Wildman–Crippen MR) is 42.3 cm³/mol. The molecule has 9 heavy (non-hydrogen) atoms. The minimum Gasteiger partial charge on any atom is -0.417 e. The van der Waals surface area contributed by atoms with Crippen molar-refractivity contribution >= 4 is 17.7 Å². The van der Waals surface area contributed by atoms with Crippen LogP contribution in [0.4, 0.5) is 0 Å². The third-order valence-electron chi connectivity index (χ3n) is 1.38. The Labute approximate surface area is 60.8 Å². The van der Waals surface area contributed by atoms with Gasteiger partial charge in [-0.2, -0.15) is 11.5 Å². The lowest BCUT2D eigenvalue weighted by molar-refractivity contribution is 1.15. The van der Waals surface area contributed by atoms with Crippen molar-refractivity contribution in [3.05, 3.63) is 23.8 Å². The van der Waals surface area contributed by atoms with E-state index in [1.54, 1.807) is 0 Å². The van der Waals surface area contributed by atoms with Crippen LogP contribution in [-0.2, 0) is 0 Å². The van der Waals surface area contributed by atoms with E-state index in [9.17, 15) is 0 Å². The summed E-state index contributed by atoms with van der Waals surface area (Å²) in [5.74, 6) is 0. The topological polar surface area (TPSA) is 12.0 Å². The third kappa shape index (κ3) is 1.52. The zero-order chi connectivity index (χ0) is 6.69. The standard InChI is InChI=1S/C6H9BClN/c1-2-6-4-3-5-9-7(6)8/h3-5,9H,2H2,1H3. The number of allylic oxidation sites excluding steroid dienone is 3. The van der Waals surface area contributed by atoms with E-state index < -0.39 is 0 Å². The molecule has 1 aliphatic heterocycles. The number of rotatable bonds is 1. The van der Waals surface area contributed by atoms with Crippen LogP contribution in [0.15, 0.2) is 23.8 Å². The Morgan fingerprint density at radius 1 is 1.78 bits per heavy atom. The maximum absolute atomic E-state index is 5.85. The van der Waals surface area contributed by atoms with Crippen molar-refractivity contribution in [3.63, 3.8) is 0 Å². The van der Waals surface area contributed by atoms with Crippen LogP contribution in [0.1, 0.15) is 13.3 Å². The molecule has 0 radical (unpaired) electrons. The van der Waals surface area contributed by atoms with Crippen LogP contribution in [-0.4, -0.2) is 6.26 Å². The Bertz CT molecular complexity index is 153. The molecule has 3 heteroatoms. The Hall–Kier alpha value is -0.365. The quantitative estimate of drug-likeness (QED) is 0.548. The Morgan fingerprint density at radius 2 is 2.56 bits per heavy atom. The zero-order valence-corrected chi connectivity index (χ0v) is 6.15. The molecule has 0 amide bonds. The average molecular weight is 141 g/mol. The molecule has 0 unspecified atom stereocenters. The van der Waals surface area contributed by atoms with Crippen molar-refractivity contribution < 1.29 is 0 Å². The van der Waals surface area contributed by atoms with Crippen LogP contribution in [0.2, 0.25) is 0 Å². The summed E-state index contributed by atoms with van der Waals surface area (Å²) in [5.41, 5.74) is 1.25. The van der Waals surface area contributed by atoms with Crippen molar-refractivity contribution in [2.24, 2.45) is 0 Å². The monoisotopic (exact) mass is 141 g/mol. The largest absolute Gasteiger partial charge is 0.417 e. The second-order valence-electron chi connectivity index (χ2n) is 1.98. The fraction of sp³-hybridized carbons (Fsp3) is 0.333. The molecular formula is C6H9BClN. The van der Waals surface area contributed by atoms with Crippen LogP contribution in [0.25, 0.3) is 0 Å². The van der Waals surface area contributed by atoms with Crippen molar-refractivity contribution in [2.75, 3.05) is 0 Å². The number of nitrogens with one attached hydrogen (secondary N) is 1. The van der Waals surface area contributed by atoms with Crippen molar-refractivity contribution in [1.29, 1.82) is 0 Å². The summed E-state index contributed by atoms with van der Waals surface area (Å²) < 4.78 is 0. The molecular weight excluding hydrogens is 132 g/mol. The predicted octanol–water partition coefficient (Wildman–Crippen LogP) is 1.71. The third-order valence-corrected chi connectivity index (χ3v) is 1.79. The van der Waals surface area contributed by atoms with Crippen molar-refractivity contribution in [3.8, 4) is 0 Å². The minimum atomic E-state index is 0.0139. The molecule has 1 N–H and O–H groups in total. The van der Waals surface area contributed by atoms with Gasteiger partial charge in [0.1, 0.15) is 0 Å². The molecule has 0 aromatic heterocycles. The second-order valence-corrected chi connectivity index (χ2v) is 2.42. The van der Waals surface area contributed by atoms with Gasteiger partial charge in [0.25, 0.3) is 0 Å². The summed E-state index contributed by atoms with van der Waals surface area (Å²) in [7, 11) is 0. The molecule has 0 aromatic rings. The minimum absolute atomic E-state index is 0.0139. The Kier molecular flexibility index (Phi) is 2.23. The summed E-state index contributed by atoms with van der Waals surface area (Å²) in [6, 6.07) is 0. The highest BCUT2D eigenvalue weighted by atomic mass is 35.5. The van der Waals surface area contributed by atoms with E-state index in [2.05, 4.69) is 12.2 Å². The van der Waals surface area contributed by atoms with Gasteiger partial charge in [0.2, 0.25) is 0 Å². The molecule has 1 nitrogen and oxygen atoms in total. The molecule has 1 aliphatic rings. The summed E-state index contributed by atoms with van der Waals surface area (Å²) in [6.07, 6.45) is 6.91. The van der Waals surface area contributed by atoms with Crippen molar-refractivity contribution in [1.82, 2.24) is 5.23 Å². The number of hydrogen-bond donors (Lipinski definition) is 1. The molecule has 0 fully saturated rings. The fourth-order valence-electron chi connectivity index (χ4n) is 0.800. The van der Waals surface area contributed by atoms with Gasteiger partial charge in [-0.25, -0.2) is 0 Å². The average Bonchev–Trinajstić information content (AvgIpc) is 1.89. The number of halogens is 1. The molecule has 48 valence electrons. The van der Waals surface area contributed by atoms with Gasteiger partial charge in [-0.1, -0.05) is 18.5 Å². The van der Waals surface area contributed by atoms with Gasteiger partial charge in [0.15, 0.2) is 0 Å². The highest BCUT2D eigenvalue weighted by Crippen LogP contribution is 2.09. The molecule has 0 aliphatic carbocycles. The smallest absolute Gasteiger partial charge is 0.388 e. The van der Waals surface area contributed by atoms with Crippen LogP contribution in [0, 0.1) is 0 Å². The molecule has 0 spiro atoms. The normalized spacial score (nSPS) is 17.1. The van der Waals surface area contributed by atoms with Gasteiger partial charge >= 0.3 is 6.26 Å². The van der Waals surface area contributed by atoms with E-state index in [-0.39, 0.29) is 6.26 Å². The van der Waals surface area contributed by atoms with Crippen molar-refractivity contribution in [2.45, 2.75) is 13.3 Å². The van der Waals surface area contributed by atoms with Crippen LogP contribution in [0.3, 0.4) is 0 Å². The molecule has 0 aromatic carbocycles. The maximum atomic E-state index is 5.85. The lowest BCUT2D eigenvalue weighted by Crippen LogP contribution is -2.27. The van der Waals surface area contributed by atoms with Gasteiger partial charge in [-0.05, 0) is 18.7 Å². The van der Waals surface area contributed by atoms with Crippen LogP contribution in [0.5, 0.6) is 0 Å². The molecule has 1 rings (SSSR count). The van der Waals surface area contributed by atoms with Crippen LogP contribution >= 0.6 is 11.5 Å². The van der Waals surface area contributed by atoms with Gasteiger partial charge in [-0.15, -0.1) is 0 Å². The highest BCUT2D eigenvalue weighted by molar-refractivity contribution is 7.09. The summed E-state index contributed by atoms with van der Waals surface area (Å²) >= 11 is 5.85. The van der Waals surface area contributed by atoms with Gasteiger partial charge in [0, 0.05) is 0 Å². The van der Waals surface area contributed by atoms with E-state index >= 15 is 0 Å². The SMILES string of the molecule is CCC1=CC=CNB1Cl. The van der Waals surface area contributed by atoms with Gasteiger partial charge in [0.05, 0.1) is 0 Å². The Balaban J connectivity index is 2.63. The summed E-state index contributed by atoms with van der Waals surface area (Å²) in [4.78, 5) is 0. The first-order chi connectivity index (χ1) is 4.34. The Morgan fingerprint density at radius 3 is 3.00 bits per heavy atom. The molecule has 0 atom stereocenters. The molecule has 0 saturated carbocycles. The second kappa shape index (κ2) is 2.97. The fourth-order valence-corrected chi connectivity index (χ4v) is 1.10. The maximum Gasteiger partial charge on any atom is 0.388 e. The molecule has 1 heterocycles. The lowest BCUT2D eigenvalue weighted by atomic mass is 9.77. The van der Waals surface area contributed by atoms with E-state index in [1.165, 1.54) is 5.47 Å². The van der Waals surface area contributed by atoms with E-state index in [4.69, 9.17) is 11.5 Å². The lowest BCUT2D eigenvalue weighted by Gasteiger charge is -2.10. The first-order valence-electron chi connectivity index (χ1n) is 3.10. The van der Waals surface area contributed by atoms with Crippen LogP contribution < -0.4 is 5.23 Å². The van der Waals surface area contributed by atoms with E-state index in [0.29, 0.717) is 0 Å². The first-order valence-corrected chi connectivity index (χ1v) is 3.54. The summed E-state index contributed by atoms with van der Waals surface area (Å²) in [6.45, 7) is 2.10. The zero-order valence-electron chi connectivity index (χ0n) is 5.39. The van der Waals surface area contributed by atoms with E-state index in [1.807, 2.05) is 18.4 Å². The van der Waals surface area contributed by atoms with E-state index in [0.717, 1.165) is 6.42 Å². The highest BCUT2D eigenvalue weighted by Gasteiger charge is 2.14.